The van der Waals surface area contributed by atoms with E-state index in [1.54, 1.807) is 19.5 Å². The van der Waals surface area contributed by atoms with Crippen molar-refractivity contribution >= 4 is 11.9 Å². The van der Waals surface area contributed by atoms with E-state index in [0.29, 0.717) is 6.42 Å². The molecular weight excluding hydrogens is 190 g/mol. The van der Waals surface area contributed by atoms with Gasteiger partial charge in [0.1, 0.15) is 0 Å². The number of aliphatic hydroxyl groups excluding tert-OH is 1. The highest BCUT2D eigenvalue weighted by molar-refractivity contribution is 5.72. The largest absolute Gasteiger partial charge is 0.396 e. The molecule has 0 aromatic heterocycles. The van der Waals surface area contributed by atoms with Gasteiger partial charge in [-0.3, -0.25) is 4.79 Å². The van der Waals surface area contributed by atoms with Crippen LogP contribution in [0.3, 0.4) is 0 Å². The molecule has 0 saturated carbocycles. The summed E-state index contributed by atoms with van der Waals surface area (Å²) in [6.07, 6.45) is 0.499. The van der Waals surface area contributed by atoms with E-state index in [1.807, 2.05) is 0 Å². The second-order valence-electron chi connectivity index (χ2n) is 2.75. The SMILES string of the molecule is CCC(=O)ONOC(=O)C(C)CCO. The summed E-state index contributed by atoms with van der Waals surface area (Å²) in [5, 5.41) is 8.52. The van der Waals surface area contributed by atoms with Crippen LogP contribution in [-0.2, 0) is 19.3 Å². The van der Waals surface area contributed by atoms with E-state index in [1.165, 1.54) is 0 Å². The van der Waals surface area contributed by atoms with Gasteiger partial charge in [0.05, 0.1) is 5.92 Å². The molecule has 0 amide bonds. The van der Waals surface area contributed by atoms with Gasteiger partial charge in [0.2, 0.25) is 0 Å². The first-order valence-corrected chi connectivity index (χ1v) is 4.38. The lowest BCUT2D eigenvalue weighted by atomic mass is 10.1. The Hall–Kier alpha value is -1.14. The highest BCUT2D eigenvalue weighted by atomic mass is 16.9. The van der Waals surface area contributed by atoms with Crippen LogP contribution in [0.4, 0.5) is 0 Å². The van der Waals surface area contributed by atoms with Gasteiger partial charge in [0.15, 0.2) is 0 Å². The van der Waals surface area contributed by atoms with Gasteiger partial charge in [-0.15, -0.1) is 0 Å². The molecule has 0 aliphatic carbocycles. The maximum Gasteiger partial charge on any atom is 0.331 e. The molecule has 0 aromatic rings. The third-order valence-electron chi connectivity index (χ3n) is 1.55. The molecule has 0 saturated heterocycles. The van der Waals surface area contributed by atoms with E-state index in [2.05, 4.69) is 9.68 Å². The normalized spacial score (nSPS) is 11.9. The van der Waals surface area contributed by atoms with Crippen molar-refractivity contribution in [1.29, 1.82) is 0 Å². The van der Waals surface area contributed by atoms with Crippen molar-refractivity contribution in [3.63, 3.8) is 0 Å². The summed E-state index contributed by atoms with van der Waals surface area (Å²) in [4.78, 5) is 30.3. The zero-order valence-corrected chi connectivity index (χ0v) is 8.28. The van der Waals surface area contributed by atoms with Crippen LogP contribution < -0.4 is 5.64 Å². The molecule has 0 rings (SSSR count). The Morgan fingerprint density at radius 1 is 1.43 bits per heavy atom. The number of hydrogen-bond donors (Lipinski definition) is 2. The highest BCUT2D eigenvalue weighted by Gasteiger charge is 2.14. The van der Waals surface area contributed by atoms with Crippen LogP contribution >= 0.6 is 0 Å². The molecule has 0 aliphatic rings. The number of carbonyl (C=O) groups excluding carboxylic acids is 2. The van der Waals surface area contributed by atoms with Crippen molar-refractivity contribution in [2.45, 2.75) is 26.7 Å². The fraction of sp³-hybridized carbons (Fsp3) is 0.750. The van der Waals surface area contributed by atoms with E-state index in [4.69, 9.17) is 5.11 Å². The van der Waals surface area contributed by atoms with E-state index in [0.717, 1.165) is 0 Å². The molecule has 0 radical (unpaired) electrons. The molecule has 6 nitrogen and oxygen atoms in total. The molecule has 0 bridgehead atoms. The molecule has 2 N–H and O–H groups in total. The van der Waals surface area contributed by atoms with Gasteiger partial charge < -0.3 is 14.8 Å². The molecule has 0 aromatic carbocycles. The van der Waals surface area contributed by atoms with Crippen LogP contribution in [0.15, 0.2) is 0 Å². The summed E-state index contributed by atoms with van der Waals surface area (Å²) >= 11 is 0. The van der Waals surface area contributed by atoms with Crippen LogP contribution in [-0.4, -0.2) is 23.7 Å². The molecule has 0 aliphatic heterocycles. The van der Waals surface area contributed by atoms with Crippen LogP contribution in [0.5, 0.6) is 0 Å². The Kier molecular flexibility index (Phi) is 6.69. The van der Waals surface area contributed by atoms with Crippen molar-refractivity contribution < 1.29 is 24.4 Å². The summed E-state index contributed by atoms with van der Waals surface area (Å²) in [6.45, 7) is 3.12. The van der Waals surface area contributed by atoms with Gasteiger partial charge in [-0.1, -0.05) is 13.8 Å². The topological polar surface area (TPSA) is 84.9 Å². The number of carbonyl (C=O) groups is 2. The Bertz CT molecular complexity index is 194. The van der Waals surface area contributed by atoms with Gasteiger partial charge in [-0.05, 0) is 6.42 Å². The molecule has 6 heteroatoms. The fourth-order valence-corrected chi connectivity index (χ4v) is 0.593. The summed E-state index contributed by atoms with van der Waals surface area (Å²) in [5.41, 5.74) is 1.79. The minimum absolute atomic E-state index is 0.0922. The average Bonchev–Trinajstić information content (AvgIpc) is 2.17. The predicted molar refractivity (Wildman–Crippen MR) is 46.5 cm³/mol. The highest BCUT2D eigenvalue weighted by Crippen LogP contribution is 2.01. The third-order valence-corrected chi connectivity index (χ3v) is 1.55. The fourth-order valence-electron chi connectivity index (χ4n) is 0.593. The van der Waals surface area contributed by atoms with Gasteiger partial charge in [-0.2, -0.15) is 0 Å². The number of nitrogens with one attached hydrogen (secondary N) is 1. The maximum atomic E-state index is 11.0. The molecule has 1 unspecified atom stereocenters. The summed E-state index contributed by atoms with van der Waals surface area (Å²) in [7, 11) is 0. The lowest BCUT2D eigenvalue weighted by Crippen LogP contribution is -2.27. The van der Waals surface area contributed by atoms with E-state index in [9.17, 15) is 9.59 Å². The standard InChI is InChI=1S/C8H15NO5/c1-3-7(11)13-9-14-8(12)6(2)4-5-10/h6,9-10H,3-5H2,1-2H3. The van der Waals surface area contributed by atoms with Crippen LogP contribution in [0.2, 0.25) is 0 Å². The Labute approximate surface area is 82.1 Å². The zero-order chi connectivity index (χ0) is 11.0. The van der Waals surface area contributed by atoms with Gasteiger partial charge in [-0.25, -0.2) is 4.79 Å². The average molecular weight is 205 g/mol. The van der Waals surface area contributed by atoms with Crippen molar-refractivity contribution in [3.8, 4) is 0 Å². The van der Waals surface area contributed by atoms with Gasteiger partial charge in [0.25, 0.3) is 0 Å². The van der Waals surface area contributed by atoms with Crippen molar-refractivity contribution in [2.24, 2.45) is 5.92 Å². The molecule has 0 spiro atoms. The first-order valence-electron chi connectivity index (χ1n) is 4.38. The Balaban J connectivity index is 3.58. The first kappa shape index (κ1) is 12.9. The predicted octanol–water partition coefficient (Wildman–Crippen LogP) is -0.0791. The maximum absolute atomic E-state index is 11.0. The number of hydrogen-bond acceptors (Lipinski definition) is 6. The third kappa shape index (κ3) is 5.50. The van der Waals surface area contributed by atoms with Crippen molar-refractivity contribution in [3.05, 3.63) is 0 Å². The van der Waals surface area contributed by atoms with Crippen molar-refractivity contribution in [1.82, 2.24) is 5.64 Å². The Morgan fingerprint density at radius 2 is 2.07 bits per heavy atom. The summed E-state index contributed by atoms with van der Waals surface area (Å²) in [6, 6.07) is 0. The molecule has 1 atom stereocenters. The molecule has 14 heavy (non-hydrogen) atoms. The van der Waals surface area contributed by atoms with Crippen LogP contribution in [0, 0.1) is 5.92 Å². The number of rotatable bonds is 6. The zero-order valence-electron chi connectivity index (χ0n) is 8.28. The van der Waals surface area contributed by atoms with Gasteiger partial charge >= 0.3 is 11.9 Å². The Morgan fingerprint density at radius 3 is 2.57 bits per heavy atom. The molecule has 82 valence electrons. The first-order chi connectivity index (χ1) is 6.61. The minimum atomic E-state index is -0.581. The second-order valence-corrected chi connectivity index (χ2v) is 2.75. The quantitative estimate of drug-likeness (QED) is 0.590. The van der Waals surface area contributed by atoms with E-state index >= 15 is 0 Å². The second kappa shape index (κ2) is 7.28. The van der Waals surface area contributed by atoms with E-state index in [-0.39, 0.29) is 13.0 Å². The van der Waals surface area contributed by atoms with Crippen LogP contribution in [0.25, 0.3) is 0 Å². The van der Waals surface area contributed by atoms with Gasteiger partial charge in [0, 0.05) is 18.7 Å². The van der Waals surface area contributed by atoms with E-state index < -0.39 is 17.9 Å². The summed E-state index contributed by atoms with van der Waals surface area (Å²) < 4.78 is 0. The summed E-state index contributed by atoms with van der Waals surface area (Å²) in [5.74, 6) is -1.54. The monoisotopic (exact) mass is 205 g/mol. The lowest BCUT2D eigenvalue weighted by Gasteiger charge is -2.09. The van der Waals surface area contributed by atoms with Crippen LogP contribution in [0.1, 0.15) is 26.7 Å². The molecule has 0 heterocycles. The molecular formula is C8H15NO5. The van der Waals surface area contributed by atoms with Crippen molar-refractivity contribution in [2.75, 3.05) is 6.61 Å². The minimum Gasteiger partial charge on any atom is -0.396 e. The number of aliphatic hydroxyl groups is 1. The smallest absolute Gasteiger partial charge is 0.331 e. The lowest BCUT2D eigenvalue weighted by molar-refractivity contribution is -0.201. The molecule has 0 fully saturated rings.